The van der Waals surface area contributed by atoms with E-state index in [1.807, 2.05) is 13.0 Å². The van der Waals surface area contributed by atoms with Crippen LogP contribution in [0.15, 0.2) is 23.1 Å². The SMILES string of the molecule is COc1ccc(C)cc1S(=O)(=O)N1CCC(c2nnc(C3CC3)s2)CC1. The average Bonchev–Trinajstić information content (AvgIpc) is 3.39. The van der Waals surface area contributed by atoms with Gasteiger partial charge in [-0.1, -0.05) is 6.07 Å². The Hall–Kier alpha value is -1.51. The van der Waals surface area contributed by atoms with Gasteiger partial charge in [-0.3, -0.25) is 0 Å². The third kappa shape index (κ3) is 3.37. The van der Waals surface area contributed by atoms with Crippen molar-refractivity contribution in [3.05, 3.63) is 33.8 Å². The highest BCUT2D eigenvalue weighted by Gasteiger charge is 2.34. The van der Waals surface area contributed by atoms with Crippen LogP contribution < -0.4 is 4.74 Å². The van der Waals surface area contributed by atoms with Crippen LogP contribution in [0.4, 0.5) is 0 Å². The van der Waals surface area contributed by atoms with Crippen LogP contribution in [0.25, 0.3) is 0 Å². The van der Waals surface area contributed by atoms with Crippen molar-refractivity contribution in [2.24, 2.45) is 0 Å². The summed E-state index contributed by atoms with van der Waals surface area (Å²) in [5, 5.41) is 10.9. The van der Waals surface area contributed by atoms with Crippen molar-refractivity contribution in [2.45, 2.75) is 49.3 Å². The number of nitrogens with zero attached hydrogens (tertiary/aromatic N) is 3. The molecule has 26 heavy (non-hydrogen) atoms. The first-order valence-corrected chi connectivity index (χ1v) is 11.2. The van der Waals surface area contributed by atoms with Gasteiger partial charge >= 0.3 is 0 Å². The molecule has 0 radical (unpaired) electrons. The van der Waals surface area contributed by atoms with E-state index in [0.717, 1.165) is 28.4 Å². The molecule has 0 N–H and O–H groups in total. The summed E-state index contributed by atoms with van der Waals surface area (Å²) in [6.07, 6.45) is 4.02. The zero-order valence-corrected chi connectivity index (χ0v) is 16.6. The van der Waals surface area contributed by atoms with E-state index in [1.165, 1.54) is 20.0 Å². The van der Waals surface area contributed by atoms with Gasteiger partial charge < -0.3 is 4.74 Å². The fourth-order valence-electron chi connectivity index (χ4n) is 3.37. The second-order valence-corrected chi connectivity index (χ2v) is 10.0. The van der Waals surface area contributed by atoms with E-state index in [0.29, 0.717) is 30.7 Å². The lowest BCUT2D eigenvalue weighted by Gasteiger charge is -2.30. The number of aromatic nitrogens is 2. The number of benzene rings is 1. The average molecular weight is 394 g/mol. The lowest BCUT2D eigenvalue weighted by atomic mass is 9.99. The number of hydrogen-bond acceptors (Lipinski definition) is 6. The van der Waals surface area contributed by atoms with Crippen molar-refractivity contribution < 1.29 is 13.2 Å². The van der Waals surface area contributed by atoms with Crippen LogP contribution in [0.3, 0.4) is 0 Å². The molecule has 2 aromatic rings. The smallest absolute Gasteiger partial charge is 0.246 e. The predicted octanol–water partition coefficient (Wildman–Crippen LogP) is 3.30. The Morgan fingerprint density at radius 2 is 1.69 bits per heavy atom. The lowest BCUT2D eigenvalue weighted by molar-refractivity contribution is 0.316. The van der Waals surface area contributed by atoms with Crippen molar-refractivity contribution in [1.82, 2.24) is 14.5 Å². The fraction of sp³-hybridized carbons (Fsp3) is 0.556. The van der Waals surface area contributed by atoms with E-state index in [-0.39, 0.29) is 4.90 Å². The molecule has 4 rings (SSSR count). The van der Waals surface area contributed by atoms with Crippen LogP contribution in [0, 0.1) is 6.92 Å². The Bertz CT molecular complexity index is 898. The van der Waals surface area contributed by atoms with E-state index in [2.05, 4.69) is 10.2 Å². The second-order valence-electron chi connectivity index (χ2n) is 7.09. The summed E-state index contributed by atoms with van der Waals surface area (Å²) < 4.78 is 33.0. The largest absolute Gasteiger partial charge is 0.495 e. The Morgan fingerprint density at radius 1 is 1.08 bits per heavy atom. The van der Waals surface area contributed by atoms with E-state index in [1.54, 1.807) is 27.8 Å². The maximum atomic E-state index is 13.1. The van der Waals surface area contributed by atoms with Gasteiger partial charge in [0.15, 0.2) is 0 Å². The van der Waals surface area contributed by atoms with Crippen LogP contribution in [0.5, 0.6) is 5.75 Å². The van der Waals surface area contributed by atoms with Gasteiger partial charge in [-0.25, -0.2) is 8.42 Å². The number of ether oxygens (including phenoxy) is 1. The van der Waals surface area contributed by atoms with Crippen LogP contribution in [0.2, 0.25) is 0 Å². The molecule has 0 unspecified atom stereocenters. The van der Waals surface area contributed by atoms with E-state index < -0.39 is 10.0 Å². The third-order valence-electron chi connectivity index (χ3n) is 5.12. The standard InChI is InChI=1S/C18H23N3O3S2/c1-12-3-6-15(24-2)16(11-12)26(22,23)21-9-7-14(8-10-21)18-20-19-17(25-18)13-4-5-13/h3,6,11,13-14H,4-5,7-10H2,1-2H3. The van der Waals surface area contributed by atoms with Gasteiger partial charge in [0, 0.05) is 24.9 Å². The number of rotatable bonds is 5. The van der Waals surface area contributed by atoms with Gasteiger partial charge in [0.2, 0.25) is 10.0 Å². The minimum absolute atomic E-state index is 0.255. The molecule has 8 heteroatoms. The maximum Gasteiger partial charge on any atom is 0.246 e. The molecular weight excluding hydrogens is 370 g/mol. The number of aryl methyl sites for hydroxylation is 1. The van der Waals surface area contributed by atoms with Gasteiger partial charge in [-0.2, -0.15) is 4.31 Å². The highest BCUT2D eigenvalue weighted by Crippen LogP contribution is 2.43. The van der Waals surface area contributed by atoms with E-state index in [4.69, 9.17) is 4.74 Å². The van der Waals surface area contributed by atoms with Gasteiger partial charge in [-0.15, -0.1) is 21.5 Å². The number of piperidine rings is 1. The molecule has 140 valence electrons. The van der Waals surface area contributed by atoms with Crippen LogP contribution in [0.1, 0.15) is 53.1 Å². The molecule has 1 aliphatic heterocycles. The van der Waals surface area contributed by atoms with Crippen molar-refractivity contribution in [2.75, 3.05) is 20.2 Å². The summed E-state index contributed by atoms with van der Waals surface area (Å²) in [4.78, 5) is 0.255. The highest BCUT2D eigenvalue weighted by atomic mass is 32.2. The summed E-state index contributed by atoms with van der Waals surface area (Å²) in [5.41, 5.74) is 0.903. The second kappa shape index (κ2) is 6.90. The van der Waals surface area contributed by atoms with Crippen molar-refractivity contribution >= 4 is 21.4 Å². The van der Waals surface area contributed by atoms with Gasteiger partial charge in [0.05, 0.1) is 7.11 Å². The molecule has 2 heterocycles. The fourth-order valence-corrected chi connectivity index (χ4v) is 6.27. The molecule has 1 aromatic heterocycles. The van der Waals surface area contributed by atoms with Crippen molar-refractivity contribution in [3.63, 3.8) is 0 Å². The zero-order chi connectivity index (χ0) is 18.3. The minimum Gasteiger partial charge on any atom is -0.495 e. The molecule has 6 nitrogen and oxygen atoms in total. The molecule has 0 bridgehead atoms. The normalized spacial score (nSPS) is 19.6. The predicted molar refractivity (Wildman–Crippen MR) is 100 cm³/mol. The molecule has 0 amide bonds. The first-order chi connectivity index (χ1) is 12.5. The number of sulfonamides is 1. The van der Waals surface area contributed by atoms with Gasteiger partial charge in [0.1, 0.15) is 20.7 Å². The molecule has 1 aromatic carbocycles. The van der Waals surface area contributed by atoms with Crippen LogP contribution in [-0.4, -0.2) is 43.1 Å². The van der Waals surface area contributed by atoms with E-state index in [9.17, 15) is 8.42 Å². The van der Waals surface area contributed by atoms with Crippen molar-refractivity contribution in [1.29, 1.82) is 0 Å². The molecule has 2 fully saturated rings. The highest BCUT2D eigenvalue weighted by molar-refractivity contribution is 7.89. The van der Waals surface area contributed by atoms with Crippen molar-refractivity contribution in [3.8, 4) is 5.75 Å². The van der Waals surface area contributed by atoms with Crippen LogP contribution in [-0.2, 0) is 10.0 Å². The maximum absolute atomic E-state index is 13.1. The summed E-state index contributed by atoms with van der Waals surface area (Å²) >= 11 is 1.71. The summed E-state index contributed by atoms with van der Waals surface area (Å²) in [7, 11) is -2.05. The summed E-state index contributed by atoms with van der Waals surface area (Å²) in [6.45, 7) is 2.89. The Labute approximate surface area is 158 Å². The molecule has 1 aliphatic carbocycles. The minimum atomic E-state index is -3.56. The molecule has 1 saturated heterocycles. The molecular formula is C18H23N3O3S2. The number of hydrogen-bond donors (Lipinski definition) is 0. The molecule has 0 atom stereocenters. The molecule has 2 aliphatic rings. The summed E-state index contributed by atoms with van der Waals surface area (Å²) in [5.74, 6) is 1.33. The Balaban J connectivity index is 1.49. The van der Waals surface area contributed by atoms with E-state index >= 15 is 0 Å². The summed E-state index contributed by atoms with van der Waals surface area (Å²) in [6, 6.07) is 5.26. The first kappa shape index (κ1) is 17.9. The molecule has 1 saturated carbocycles. The molecule has 0 spiro atoms. The monoisotopic (exact) mass is 393 g/mol. The topological polar surface area (TPSA) is 72.4 Å². The lowest BCUT2D eigenvalue weighted by Crippen LogP contribution is -2.38. The first-order valence-electron chi connectivity index (χ1n) is 8.97. The Morgan fingerprint density at radius 3 is 2.27 bits per heavy atom. The van der Waals surface area contributed by atoms with Gasteiger partial charge in [0.25, 0.3) is 0 Å². The zero-order valence-electron chi connectivity index (χ0n) is 15.0. The number of methoxy groups -OCH3 is 1. The third-order valence-corrected chi connectivity index (χ3v) is 8.29. The quantitative estimate of drug-likeness (QED) is 0.779. The van der Waals surface area contributed by atoms with Crippen LogP contribution >= 0.6 is 11.3 Å². The Kier molecular flexibility index (Phi) is 4.75. The van der Waals surface area contributed by atoms with Gasteiger partial charge in [-0.05, 0) is 50.3 Å².